The Bertz CT molecular complexity index is 1670. The summed E-state index contributed by atoms with van der Waals surface area (Å²) in [7, 11) is 0. The average molecular weight is 422 g/mol. The van der Waals surface area contributed by atoms with Crippen LogP contribution in [0.25, 0.3) is 50.0 Å². The summed E-state index contributed by atoms with van der Waals surface area (Å²) in [5, 5.41) is 11.6. The first kappa shape index (κ1) is 19.0. The minimum absolute atomic E-state index is 0.383. The third-order valence-corrected chi connectivity index (χ3v) is 5.90. The van der Waals surface area contributed by atoms with Crippen molar-refractivity contribution in [3.8, 4) is 34.3 Å². The SMILES string of the molecule is N#Cc1cc(-c2cccc(-c3ccc4c5ccccc5n(-c5ccccc5)c4c3)n2)ccn1. The van der Waals surface area contributed by atoms with Crippen molar-refractivity contribution >= 4 is 21.8 Å². The maximum Gasteiger partial charge on any atom is 0.141 e. The van der Waals surface area contributed by atoms with Gasteiger partial charge in [0.05, 0.1) is 22.4 Å². The van der Waals surface area contributed by atoms with E-state index in [2.05, 4.69) is 82.4 Å². The fourth-order valence-corrected chi connectivity index (χ4v) is 4.39. The van der Waals surface area contributed by atoms with Crippen LogP contribution in [0.3, 0.4) is 0 Å². The minimum Gasteiger partial charge on any atom is -0.309 e. The number of hydrogen-bond acceptors (Lipinski definition) is 3. The first-order valence-corrected chi connectivity index (χ1v) is 10.7. The fourth-order valence-electron chi connectivity index (χ4n) is 4.39. The fraction of sp³-hybridized carbons (Fsp3) is 0. The van der Waals surface area contributed by atoms with Gasteiger partial charge in [-0.2, -0.15) is 5.26 Å². The normalized spacial score (nSPS) is 11.0. The highest BCUT2D eigenvalue weighted by Crippen LogP contribution is 2.34. The number of para-hydroxylation sites is 2. The number of aromatic nitrogens is 3. The van der Waals surface area contributed by atoms with E-state index in [9.17, 15) is 5.26 Å². The summed E-state index contributed by atoms with van der Waals surface area (Å²) in [6, 6.07) is 37.2. The van der Waals surface area contributed by atoms with Crippen molar-refractivity contribution in [3.05, 3.63) is 115 Å². The second-order valence-electron chi connectivity index (χ2n) is 7.87. The van der Waals surface area contributed by atoms with Crippen LogP contribution in [-0.2, 0) is 0 Å². The van der Waals surface area contributed by atoms with Gasteiger partial charge in [-0.1, -0.05) is 54.6 Å². The molecule has 0 aliphatic heterocycles. The summed E-state index contributed by atoms with van der Waals surface area (Å²) in [4.78, 5) is 8.97. The van der Waals surface area contributed by atoms with E-state index < -0.39 is 0 Å². The van der Waals surface area contributed by atoms with Crippen LogP contribution in [0.5, 0.6) is 0 Å². The highest BCUT2D eigenvalue weighted by molar-refractivity contribution is 6.10. The van der Waals surface area contributed by atoms with Gasteiger partial charge in [-0.25, -0.2) is 9.97 Å². The molecule has 3 aromatic carbocycles. The van der Waals surface area contributed by atoms with Gasteiger partial charge < -0.3 is 4.57 Å². The van der Waals surface area contributed by atoms with Crippen LogP contribution in [-0.4, -0.2) is 14.5 Å². The number of hydrogen-bond donors (Lipinski definition) is 0. The Kier molecular flexibility index (Phi) is 4.45. The number of benzene rings is 3. The van der Waals surface area contributed by atoms with E-state index in [4.69, 9.17) is 4.98 Å². The van der Waals surface area contributed by atoms with Crippen LogP contribution >= 0.6 is 0 Å². The molecule has 0 aliphatic rings. The molecule has 0 spiro atoms. The standard InChI is InChI=1S/C29H18N4/c30-19-22-17-21(15-16-31-22)27-11-6-10-26(32-27)20-13-14-25-24-9-4-5-12-28(24)33(29(25)18-20)23-7-2-1-3-8-23/h1-18H. The Balaban J connectivity index is 1.55. The molecule has 0 radical (unpaired) electrons. The molecule has 3 aromatic heterocycles. The summed E-state index contributed by atoms with van der Waals surface area (Å²) in [5.74, 6) is 0. The van der Waals surface area contributed by atoms with Gasteiger partial charge in [0.2, 0.25) is 0 Å². The molecule has 0 saturated heterocycles. The van der Waals surface area contributed by atoms with E-state index >= 15 is 0 Å². The number of nitriles is 1. The second-order valence-corrected chi connectivity index (χ2v) is 7.87. The quantitative estimate of drug-likeness (QED) is 0.316. The summed E-state index contributed by atoms with van der Waals surface area (Å²) in [5.41, 5.74) is 7.45. The topological polar surface area (TPSA) is 54.5 Å². The van der Waals surface area contributed by atoms with Gasteiger partial charge >= 0.3 is 0 Å². The van der Waals surface area contributed by atoms with Crippen LogP contribution in [0.15, 0.2) is 109 Å². The average Bonchev–Trinajstić information content (AvgIpc) is 3.23. The van der Waals surface area contributed by atoms with Crippen LogP contribution in [0.1, 0.15) is 5.69 Å². The molecule has 6 aromatic rings. The summed E-state index contributed by atoms with van der Waals surface area (Å²) in [6.07, 6.45) is 1.65. The van der Waals surface area contributed by atoms with Gasteiger partial charge in [-0.3, -0.25) is 0 Å². The van der Waals surface area contributed by atoms with Crippen molar-refractivity contribution < 1.29 is 0 Å². The maximum atomic E-state index is 9.19. The number of nitrogens with zero attached hydrogens (tertiary/aromatic N) is 4. The molecule has 0 fully saturated rings. The largest absolute Gasteiger partial charge is 0.309 e. The van der Waals surface area contributed by atoms with E-state index in [0.717, 1.165) is 33.7 Å². The third-order valence-electron chi connectivity index (χ3n) is 5.90. The zero-order valence-corrected chi connectivity index (χ0v) is 17.7. The van der Waals surface area contributed by atoms with Crippen molar-refractivity contribution in [1.29, 1.82) is 5.26 Å². The molecule has 154 valence electrons. The van der Waals surface area contributed by atoms with Crippen molar-refractivity contribution in [2.24, 2.45) is 0 Å². The van der Waals surface area contributed by atoms with Gasteiger partial charge in [0, 0.05) is 33.8 Å². The minimum atomic E-state index is 0.383. The van der Waals surface area contributed by atoms with Gasteiger partial charge in [-0.15, -0.1) is 0 Å². The summed E-state index contributed by atoms with van der Waals surface area (Å²) < 4.78 is 2.31. The predicted octanol–water partition coefficient (Wildman–Crippen LogP) is 6.78. The lowest BCUT2D eigenvalue weighted by Crippen LogP contribution is -1.94. The number of rotatable bonds is 3. The predicted molar refractivity (Wildman–Crippen MR) is 132 cm³/mol. The van der Waals surface area contributed by atoms with Crippen molar-refractivity contribution in [1.82, 2.24) is 14.5 Å². The van der Waals surface area contributed by atoms with E-state index in [1.807, 2.05) is 30.3 Å². The molecule has 6 rings (SSSR count). The van der Waals surface area contributed by atoms with Crippen LogP contribution in [0.4, 0.5) is 0 Å². The zero-order chi connectivity index (χ0) is 22.2. The third kappa shape index (κ3) is 3.24. The van der Waals surface area contributed by atoms with Gasteiger partial charge in [0.25, 0.3) is 0 Å². The van der Waals surface area contributed by atoms with Crippen molar-refractivity contribution in [3.63, 3.8) is 0 Å². The lowest BCUT2D eigenvalue weighted by Gasteiger charge is -2.09. The Morgan fingerprint density at radius 3 is 2.18 bits per heavy atom. The molecular formula is C29H18N4. The molecule has 4 heteroatoms. The van der Waals surface area contributed by atoms with Gasteiger partial charge in [-0.05, 0) is 48.5 Å². The second kappa shape index (κ2) is 7.74. The molecule has 0 atom stereocenters. The lowest BCUT2D eigenvalue weighted by atomic mass is 10.1. The van der Waals surface area contributed by atoms with E-state index in [1.165, 1.54) is 16.3 Å². The van der Waals surface area contributed by atoms with Crippen LogP contribution < -0.4 is 0 Å². The highest BCUT2D eigenvalue weighted by atomic mass is 15.0. The number of pyridine rings is 2. The van der Waals surface area contributed by atoms with Crippen LogP contribution in [0, 0.1) is 11.3 Å². The molecule has 3 heterocycles. The molecule has 0 bridgehead atoms. The molecule has 4 nitrogen and oxygen atoms in total. The Morgan fingerprint density at radius 1 is 0.636 bits per heavy atom. The smallest absolute Gasteiger partial charge is 0.141 e. The molecule has 0 unspecified atom stereocenters. The van der Waals surface area contributed by atoms with E-state index in [1.54, 1.807) is 12.3 Å². The highest BCUT2D eigenvalue weighted by Gasteiger charge is 2.13. The molecular weight excluding hydrogens is 404 g/mol. The molecule has 0 amide bonds. The van der Waals surface area contributed by atoms with Gasteiger partial charge in [0.1, 0.15) is 11.8 Å². The van der Waals surface area contributed by atoms with E-state index in [-0.39, 0.29) is 0 Å². The van der Waals surface area contributed by atoms with Crippen molar-refractivity contribution in [2.75, 3.05) is 0 Å². The lowest BCUT2D eigenvalue weighted by molar-refractivity contribution is 1.18. The zero-order valence-electron chi connectivity index (χ0n) is 17.7. The Hall–Kier alpha value is -4.75. The molecule has 33 heavy (non-hydrogen) atoms. The van der Waals surface area contributed by atoms with Crippen molar-refractivity contribution in [2.45, 2.75) is 0 Å². The number of fused-ring (bicyclic) bond motifs is 3. The van der Waals surface area contributed by atoms with E-state index in [0.29, 0.717) is 5.69 Å². The monoisotopic (exact) mass is 422 g/mol. The maximum absolute atomic E-state index is 9.19. The molecule has 0 N–H and O–H groups in total. The van der Waals surface area contributed by atoms with Gasteiger partial charge in [0.15, 0.2) is 0 Å². The Morgan fingerprint density at radius 2 is 1.36 bits per heavy atom. The molecule has 0 aliphatic carbocycles. The summed E-state index contributed by atoms with van der Waals surface area (Å²) >= 11 is 0. The molecule has 0 saturated carbocycles. The summed E-state index contributed by atoms with van der Waals surface area (Å²) in [6.45, 7) is 0. The Labute approximate surface area is 191 Å². The first-order chi connectivity index (χ1) is 16.3. The van der Waals surface area contributed by atoms with Crippen LogP contribution in [0.2, 0.25) is 0 Å². The first-order valence-electron chi connectivity index (χ1n) is 10.7.